The molecule has 0 aromatic heterocycles. The highest BCUT2D eigenvalue weighted by molar-refractivity contribution is 5.44. The Morgan fingerprint density at radius 3 is 2.89 bits per heavy atom. The largest absolute Gasteiger partial charge is 0.504 e. The van der Waals surface area contributed by atoms with Gasteiger partial charge in [-0.2, -0.15) is 0 Å². The molecular formula is C15H23NO3. The molecule has 0 heterocycles. The first-order chi connectivity index (χ1) is 9.11. The molecule has 1 aromatic rings. The number of aromatic hydroxyl groups is 1. The second kappa shape index (κ2) is 5.80. The van der Waals surface area contributed by atoms with Gasteiger partial charge >= 0.3 is 0 Å². The van der Waals surface area contributed by atoms with E-state index in [0.29, 0.717) is 5.75 Å². The molecule has 4 nitrogen and oxygen atoms in total. The summed E-state index contributed by atoms with van der Waals surface area (Å²) in [5.41, 5.74) is 0.00417. The highest BCUT2D eigenvalue weighted by Crippen LogP contribution is 2.43. The Kier molecular flexibility index (Phi) is 4.32. The normalized spacial score (nSPS) is 27.2. The van der Waals surface area contributed by atoms with E-state index in [9.17, 15) is 10.2 Å². The van der Waals surface area contributed by atoms with Crippen LogP contribution in [0.2, 0.25) is 0 Å². The van der Waals surface area contributed by atoms with E-state index in [-0.39, 0.29) is 11.7 Å². The van der Waals surface area contributed by atoms with Crippen LogP contribution in [0.5, 0.6) is 11.5 Å². The third kappa shape index (κ3) is 2.69. The van der Waals surface area contributed by atoms with E-state index in [4.69, 9.17) is 4.74 Å². The Balaban J connectivity index is 2.35. The van der Waals surface area contributed by atoms with E-state index < -0.39 is 5.60 Å². The van der Waals surface area contributed by atoms with Gasteiger partial charge in [-0.25, -0.2) is 0 Å². The van der Waals surface area contributed by atoms with Crippen LogP contribution in [0.25, 0.3) is 0 Å². The van der Waals surface area contributed by atoms with Gasteiger partial charge in [0, 0.05) is 12.5 Å². The van der Waals surface area contributed by atoms with E-state index in [0.717, 1.165) is 37.8 Å². The number of phenols is 1. The second-order valence-electron chi connectivity index (χ2n) is 5.31. The van der Waals surface area contributed by atoms with Gasteiger partial charge in [0.2, 0.25) is 0 Å². The summed E-state index contributed by atoms with van der Waals surface area (Å²) < 4.78 is 5.14. The molecule has 1 fully saturated rings. The van der Waals surface area contributed by atoms with Gasteiger partial charge in [0.15, 0.2) is 11.5 Å². The summed E-state index contributed by atoms with van der Waals surface area (Å²) in [4.78, 5) is 0. The summed E-state index contributed by atoms with van der Waals surface area (Å²) >= 11 is 0. The molecule has 1 saturated carbocycles. The molecule has 106 valence electrons. The first-order valence-electron chi connectivity index (χ1n) is 6.86. The zero-order chi connectivity index (χ0) is 13.9. The van der Waals surface area contributed by atoms with Gasteiger partial charge in [0.1, 0.15) is 0 Å². The van der Waals surface area contributed by atoms with Gasteiger partial charge in [-0.15, -0.1) is 0 Å². The van der Waals surface area contributed by atoms with Crippen molar-refractivity contribution in [3.63, 3.8) is 0 Å². The Labute approximate surface area is 114 Å². The average molecular weight is 265 g/mol. The smallest absolute Gasteiger partial charge is 0.160 e. The minimum atomic E-state index is -0.831. The predicted molar refractivity (Wildman–Crippen MR) is 74.4 cm³/mol. The van der Waals surface area contributed by atoms with Gasteiger partial charge in [-0.1, -0.05) is 18.9 Å². The van der Waals surface area contributed by atoms with Crippen LogP contribution in [0.1, 0.15) is 31.2 Å². The van der Waals surface area contributed by atoms with Crippen molar-refractivity contribution in [2.75, 3.05) is 20.7 Å². The maximum Gasteiger partial charge on any atom is 0.160 e. The molecule has 3 N–H and O–H groups in total. The lowest BCUT2D eigenvalue weighted by Crippen LogP contribution is -2.42. The first kappa shape index (κ1) is 14.2. The Morgan fingerprint density at radius 1 is 1.42 bits per heavy atom. The van der Waals surface area contributed by atoms with Crippen LogP contribution in [0.3, 0.4) is 0 Å². The van der Waals surface area contributed by atoms with Gasteiger partial charge in [-0.3, -0.25) is 0 Å². The highest BCUT2D eigenvalue weighted by atomic mass is 16.5. The van der Waals surface area contributed by atoms with Crippen molar-refractivity contribution in [1.82, 2.24) is 5.32 Å². The molecule has 1 aliphatic rings. The molecule has 0 bridgehead atoms. The van der Waals surface area contributed by atoms with Crippen LogP contribution in [-0.4, -0.2) is 30.9 Å². The summed E-state index contributed by atoms with van der Waals surface area (Å²) in [5.74, 6) is 0.719. The van der Waals surface area contributed by atoms with Crippen LogP contribution < -0.4 is 10.1 Å². The summed E-state index contributed by atoms with van der Waals surface area (Å²) in [6.45, 7) is 0.791. The summed E-state index contributed by atoms with van der Waals surface area (Å²) in [5, 5.41) is 23.9. The van der Waals surface area contributed by atoms with Gasteiger partial charge in [0.05, 0.1) is 12.7 Å². The van der Waals surface area contributed by atoms with Crippen molar-refractivity contribution >= 4 is 0 Å². The summed E-state index contributed by atoms with van der Waals surface area (Å²) in [6, 6.07) is 5.15. The fraction of sp³-hybridized carbons (Fsp3) is 0.600. The van der Waals surface area contributed by atoms with Crippen LogP contribution in [0.4, 0.5) is 0 Å². The van der Waals surface area contributed by atoms with E-state index in [2.05, 4.69) is 5.32 Å². The summed E-state index contributed by atoms with van der Waals surface area (Å²) in [7, 11) is 3.43. The predicted octanol–water partition coefficient (Wildman–Crippen LogP) is 2.00. The van der Waals surface area contributed by atoms with Crippen molar-refractivity contribution in [3.8, 4) is 11.5 Å². The molecule has 2 unspecified atom stereocenters. The van der Waals surface area contributed by atoms with E-state index >= 15 is 0 Å². The monoisotopic (exact) mass is 265 g/mol. The standard InChI is InChI=1S/C15H23NO3/c1-16-10-12-5-3-4-8-15(12,18)11-6-7-13(17)14(9-11)19-2/h6-7,9,12,16-18H,3-5,8,10H2,1-2H3. The van der Waals surface area contributed by atoms with Gasteiger partial charge in [0.25, 0.3) is 0 Å². The number of ether oxygens (including phenoxy) is 1. The zero-order valence-corrected chi connectivity index (χ0v) is 11.6. The fourth-order valence-corrected chi connectivity index (χ4v) is 3.07. The minimum absolute atomic E-state index is 0.107. The molecule has 1 aliphatic carbocycles. The van der Waals surface area contributed by atoms with E-state index in [1.807, 2.05) is 7.05 Å². The molecule has 19 heavy (non-hydrogen) atoms. The Hall–Kier alpha value is -1.26. The lowest BCUT2D eigenvalue weighted by Gasteiger charge is -2.40. The molecular weight excluding hydrogens is 242 g/mol. The third-order valence-electron chi connectivity index (χ3n) is 4.17. The quantitative estimate of drug-likeness (QED) is 0.779. The van der Waals surface area contributed by atoms with E-state index in [1.165, 1.54) is 7.11 Å². The van der Waals surface area contributed by atoms with Crippen molar-refractivity contribution in [3.05, 3.63) is 23.8 Å². The molecule has 0 aliphatic heterocycles. The average Bonchev–Trinajstić information content (AvgIpc) is 2.42. The first-order valence-corrected chi connectivity index (χ1v) is 6.86. The number of hydrogen-bond acceptors (Lipinski definition) is 4. The lowest BCUT2D eigenvalue weighted by atomic mass is 9.71. The van der Waals surface area contributed by atoms with Crippen molar-refractivity contribution in [2.45, 2.75) is 31.3 Å². The molecule has 4 heteroatoms. The molecule has 0 amide bonds. The Morgan fingerprint density at radius 2 is 2.21 bits per heavy atom. The van der Waals surface area contributed by atoms with Crippen molar-refractivity contribution < 1.29 is 14.9 Å². The number of benzene rings is 1. The maximum absolute atomic E-state index is 11.1. The molecule has 2 rings (SSSR count). The topological polar surface area (TPSA) is 61.7 Å². The van der Waals surface area contributed by atoms with Gasteiger partial charge < -0.3 is 20.3 Å². The molecule has 0 saturated heterocycles. The number of aliphatic hydroxyl groups is 1. The van der Waals surface area contributed by atoms with Crippen LogP contribution in [0, 0.1) is 5.92 Å². The highest BCUT2D eigenvalue weighted by Gasteiger charge is 2.40. The summed E-state index contributed by atoms with van der Waals surface area (Å²) in [6.07, 6.45) is 3.96. The molecule has 2 atom stereocenters. The van der Waals surface area contributed by atoms with E-state index in [1.54, 1.807) is 18.2 Å². The van der Waals surface area contributed by atoms with Gasteiger partial charge in [-0.05, 0) is 37.6 Å². The number of hydrogen-bond donors (Lipinski definition) is 3. The number of phenolic OH excluding ortho intramolecular Hbond substituents is 1. The van der Waals surface area contributed by atoms with Crippen molar-refractivity contribution in [1.29, 1.82) is 0 Å². The Bertz CT molecular complexity index is 433. The van der Waals surface area contributed by atoms with Crippen molar-refractivity contribution in [2.24, 2.45) is 5.92 Å². The van der Waals surface area contributed by atoms with Crippen LogP contribution in [0.15, 0.2) is 18.2 Å². The molecule has 0 radical (unpaired) electrons. The maximum atomic E-state index is 11.1. The SMILES string of the molecule is CNCC1CCCCC1(O)c1ccc(O)c(OC)c1. The van der Waals surface area contributed by atoms with Crippen LogP contribution in [-0.2, 0) is 5.60 Å². The third-order valence-corrected chi connectivity index (χ3v) is 4.17. The van der Waals surface area contributed by atoms with Crippen LogP contribution >= 0.6 is 0 Å². The second-order valence-corrected chi connectivity index (χ2v) is 5.31. The number of nitrogens with one attached hydrogen (secondary N) is 1. The number of rotatable bonds is 4. The lowest BCUT2D eigenvalue weighted by molar-refractivity contribution is -0.0531. The molecule has 1 aromatic carbocycles. The minimum Gasteiger partial charge on any atom is -0.504 e. The fourth-order valence-electron chi connectivity index (χ4n) is 3.07. The number of methoxy groups -OCH3 is 1. The molecule has 0 spiro atoms. The zero-order valence-electron chi connectivity index (χ0n) is 11.6.